The van der Waals surface area contributed by atoms with E-state index in [0.29, 0.717) is 0 Å². The van der Waals surface area contributed by atoms with Gasteiger partial charge in [-0.2, -0.15) is 0 Å². The van der Waals surface area contributed by atoms with Crippen molar-refractivity contribution in [1.82, 2.24) is 0 Å². The molecular weight excluding hydrogens is 1130 g/mol. The summed E-state index contributed by atoms with van der Waals surface area (Å²) in [5, 5.41) is 6.54. The minimum absolute atomic E-state index is 1.26. The summed E-state index contributed by atoms with van der Waals surface area (Å²) in [6.07, 6.45) is 16.3. The van der Waals surface area contributed by atoms with E-state index in [1.165, 1.54) is 192 Å². The van der Waals surface area contributed by atoms with Crippen LogP contribution in [-0.4, -0.2) is 17.3 Å². The molecule has 0 unspecified atom stereocenters. The fourth-order valence-corrected chi connectivity index (χ4v) is 26.9. The average Bonchev–Trinajstić information content (AvgIpc) is 4.18. The van der Waals surface area contributed by atoms with Gasteiger partial charge in [0.15, 0.2) is 0 Å². The van der Waals surface area contributed by atoms with Gasteiger partial charge in [-0.3, -0.25) is 0 Å². The highest BCUT2D eigenvalue weighted by Gasteiger charge is 2.19. The van der Waals surface area contributed by atoms with Crippen LogP contribution >= 0.6 is 171 Å². The van der Waals surface area contributed by atoms with Crippen LogP contribution in [0.3, 0.4) is 0 Å². The molecule has 12 aromatic heterocycles. The second-order valence-electron chi connectivity index (χ2n) is 15.9. The molecule has 0 nitrogen and oxygen atoms in total. The Hall–Kier alpha value is -0.470. The maximum absolute atomic E-state index is 2.45. The van der Waals surface area contributed by atoms with Crippen LogP contribution in [0.1, 0.15) is 126 Å². The zero-order valence-electron chi connectivity index (χ0n) is 40.6. The summed E-state index contributed by atoms with van der Waals surface area (Å²) in [6, 6.07) is 18.8. The van der Waals surface area contributed by atoms with E-state index >= 15 is 0 Å². The van der Waals surface area contributed by atoms with Gasteiger partial charge in [0.1, 0.15) is 0 Å². The summed E-state index contributed by atoms with van der Waals surface area (Å²) in [4.78, 5) is 2.90. The number of hydrogen-bond acceptors (Lipinski definition) is 15. The zero-order chi connectivity index (χ0) is 48.1. The highest BCUT2D eigenvalue weighted by atomic mass is 32.2. The molecule has 0 atom stereocenters. The molecule has 0 bridgehead atoms. The van der Waals surface area contributed by atoms with E-state index in [2.05, 4.69) is 109 Å². The Bertz CT molecular complexity index is 3200. The molecule has 0 saturated heterocycles. The highest BCUT2D eigenvalue weighted by molar-refractivity contribution is 8.01. The summed E-state index contributed by atoms with van der Waals surface area (Å²) in [5.74, 6) is 3.80. The molecule has 0 aromatic carbocycles. The van der Waals surface area contributed by atoms with Gasteiger partial charge >= 0.3 is 0 Å². The predicted molar refractivity (Wildman–Crippen MR) is 347 cm³/mol. The Morgan fingerprint density at radius 1 is 0.304 bits per heavy atom. The third kappa shape index (κ3) is 13.5. The third-order valence-corrected chi connectivity index (χ3v) is 29.6. The first kappa shape index (κ1) is 54.8. The number of thiophene rings is 12. The van der Waals surface area contributed by atoms with Crippen molar-refractivity contribution in [3.8, 4) is 9.75 Å². The van der Waals surface area contributed by atoms with Crippen molar-refractivity contribution in [1.29, 1.82) is 0 Å². The smallest absolute Gasteiger partial charge is 0.0641 e. The molecule has 12 rings (SSSR count). The van der Waals surface area contributed by atoms with E-state index in [0.717, 1.165) is 0 Å². The van der Waals surface area contributed by atoms with Crippen LogP contribution in [0.2, 0.25) is 0 Å². The molecule has 0 aliphatic carbocycles. The second-order valence-corrected chi connectivity index (χ2v) is 32.4. The number of hydrogen-bond donors (Lipinski definition) is 0. The quantitative estimate of drug-likeness (QED) is 0.0585. The van der Waals surface area contributed by atoms with E-state index < -0.39 is 0 Å². The summed E-state index contributed by atoms with van der Waals surface area (Å²) in [6.45, 7) is 14.8. The molecule has 69 heavy (non-hydrogen) atoms. The van der Waals surface area contributed by atoms with Crippen molar-refractivity contribution in [2.45, 2.75) is 138 Å². The Balaban J connectivity index is 0.000000159. The highest BCUT2D eigenvalue weighted by Crippen LogP contribution is 2.52. The van der Waals surface area contributed by atoms with Gasteiger partial charge in [-0.05, 0) is 101 Å². The second kappa shape index (κ2) is 27.9. The molecule has 0 aliphatic rings. The van der Waals surface area contributed by atoms with Crippen LogP contribution in [0.4, 0.5) is 0 Å². The van der Waals surface area contributed by atoms with Gasteiger partial charge in [0.25, 0.3) is 0 Å². The van der Waals surface area contributed by atoms with Crippen LogP contribution in [0.25, 0.3) is 85.0 Å². The maximum atomic E-state index is 2.45. The number of thioether (sulfide) groups is 3. The predicted octanol–water partition coefficient (Wildman–Crippen LogP) is 26.8. The first-order chi connectivity index (χ1) is 34.1. The van der Waals surface area contributed by atoms with E-state index in [1.807, 2.05) is 175 Å². The third-order valence-electron chi connectivity index (χ3n) is 11.0. The van der Waals surface area contributed by atoms with Gasteiger partial charge in [0.05, 0.1) is 50.2 Å². The topological polar surface area (TPSA) is 0 Å². The lowest BCUT2D eigenvalue weighted by molar-refractivity contribution is 0.706. The summed E-state index contributed by atoms with van der Waals surface area (Å²) < 4.78 is 28.2. The molecular formula is C54H62S15. The summed E-state index contributed by atoms with van der Waals surface area (Å²) in [5.41, 5.74) is 0. The first-order valence-corrected chi connectivity index (χ1v) is 37.5. The Morgan fingerprint density at radius 2 is 0.594 bits per heavy atom. The van der Waals surface area contributed by atoms with E-state index in [1.54, 1.807) is 0 Å². The van der Waals surface area contributed by atoms with Crippen LogP contribution in [0.15, 0.2) is 77.3 Å². The van der Waals surface area contributed by atoms with Crippen LogP contribution in [0.5, 0.6) is 0 Å². The van der Waals surface area contributed by atoms with Crippen molar-refractivity contribution < 1.29 is 0 Å². The van der Waals surface area contributed by atoms with Gasteiger partial charge in [0.2, 0.25) is 0 Å². The molecule has 15 heteroatoms. The maximum Gasteiger partial charge on any atom is 0.0641 e. The largest absolute Gasteiger partial charge is 0.141 e. The fourth-order valence-electron chi connectivity index (χ4n) is 7.64. The van der Waals surface area contributed by atoms with Gasteiger partial charge in [0, 0.05) is 47.4 Å². The molecule has 0 N–H and O–H groups in total. The first-order valence-electron chi connectivity index (χ1n) is 24.6. The summed E-state index contributed by atoms with van der Waals surface area (Å²) in [7, 11) is 0. The van der Waals surface area contributed by atoms with Crippen LogP contribution in [0, 0.1) is 0 Å². The molecule has 0 aliphatic heterocycles. The number of fused-ring (bicyclic) bond motifs is 12. The normalized spacial score (nSPS) is 11.6. The lowest BCUT2D eigenvalue weighted by atomic mass is 10.2. The lowest BCUT2D eigenvalue weighted by Crippen LogP contribution is -1.78. The molecule has 0 amide bonds. The monoisotopic (exact) mass is 1190 g/mol. The molecule has 12 aromatic rings. The molecule has 0 fully saturated rings. The van der Waals surface area contributed by atoms with Gasteiger partial charge < -0.3 is 0 Å². The minimum Gasteiger partial charge on any atom is -0.141 e. The molecule has 0 saturated carbocycles. The lowest BCUT2D eigenvalue weighted by Gasteiger charge is -1.97. The van der Waals surface area contributed by atoms with E-state index in [9.17, 15) is 0 Å². The average molecular weight is 1190 g/mol. The van der Waals surface area contributed by atoms with Crippen LogP contribution in [-0.2, 0) is 0 Å². The number of rotatable bonds is 19. The van der Waals surface area contributed by atoms with E-state index in [4.69, 9.17) is 0 Å². The van der Waals surface area contributed by atoms with E-state index in [-0.39, 0.29) is 0 Å². The Kier molecular flexibility index (Phi) is 22.1. The van der Waals surface area contributed by atoms with Crippen LogP contribution < -0.4 is 0 Å². The van der Waals surface area contributed by atoms with Crippen molar-refractivity contribution in [2.75, 3.05) is 17.3 Å². The van der Waals surface area contributed by atoms with Crippen molar-refractivity contribution >= 4 is 247 Å². The zero-order valence-corrected chi connectivity index (χ0v) is 52.8. The SMILES string of the molecule is CC.CC.CCCCCCSc1cc2sc3cc(-c4cc5sc6cc(SCCCCCC)sc6c5s4)sc3c2s1.CCCCCCSc1cc2sc3ccsc3c2s1.c1cc2sc3ccsc3c2s1. The Morgan fingerprint density at radius 3 is 0.957 bits per heavy atom. The van der Waals surface area contributed by atoms with Crippen molar-refractivity contribution in [3.63, 3.8) is 0 Å². The fraction of sp³-hybridized carbons (Fsp3) is 0.407. The molecule has 368 valence electrons. The molecule has 0 spiro atoms. The molecule has 12 heterocycles. The van der Waals surface area contributed by atoms with Gasteiger partial charge in [-0.15, -0.1) is 171 Å². The van der Waals surface area contributed by atoms with Gasteiger partial charge in [-0.1, -0.05) is 106 Å². The van der Waals surface area contributed by atoms with Crippen molar-refractivity contribution in [3.05, 3.63) is 64.7 Å². The Labute approximate surface area is 470 Å². The molecule has 0 radical (unpaired) electrons. The minimum atomic E-state index is 1.26. The summed E-state index contributed by atoms with van der Waals surface area (Å²) >= 11 is 29.6. The van der Waals surface area contributed by atoms with Gasteiger partial charge in [-0.25, -0.2) is 0 Å². The standard InChI is InChI=1S/C28H30S8.C14H16S4.C8H4S3.2C2H6/c1-3-5-7-9-11-29-23-15-21-27(35-23)25-19(31-21)13-17(33-25)18-14-20-26(34-18)28-22(32-20)16-24(36-28)30-12-10-8-6-4-2;1-2-3-4-5-7-15-12-9-11-14(18-12)13-10(17-11)6-8-16-13;1-3-9-7-5(1)11-6-2-4-10-8(6)7;2*1-2/h13-16H,3-12H2,1-2H3;6,8-9H,2-5,7H2,1H3;1-4H;2*1-2H3. The van der Waals surface area contributed by atoms with Crippen molar-refractivity contribution in [2.24, 2.45) is 0 Å². The number of unbranched alkanes of at least 4 members (excludes halogenated alkanes) is 9.